The molecule has 0 saturated carbocycles. The number of hydrogen-bond donors (Lipinski definition) is 1. The van der Waals surface area contributed by atoms with Crippen molar-refractivity contribution in [2.45, 2.75) is 19.4 Å². The topological polar surface area (TPSA) is 66.8 Å². The predicted octanol–water partition coefficient (Wildman–Crippen LogP) is 3.49. The van der Waals surface area contributed by atoms with Crippen molar-refractivity contribution in [2.24, 2.45) is 5.92 Å². The summed E-state index contributed by atoms with van der Waals surface area (Å²) < 4.78 is 5.33. The molecule has 2 atom stereocenters. The zero-order chi connectivity index (χ0) is 17.1. The van der Waals surface area contributed by atoms with Crippen LogP contribution in [0.25, 0.3) is 0 Å². The fraction of sp³-hybridized carbons (Fsp3) is 0.333. The highest BCUT2D eigenvalue weighted by Crippen LogP contribution is 2.36. The van der Waals surface area contributed by atoms with Crippen LogP contribution in [0.2, 0.25) is 0 Å². The highest BCUT2D eigenvalue weighted by Gasteiger charge is 2.41. The lowest BCUT2D eigenvalue weighted by molar-refractivity contribution is -0.141. The molecular weight excluding hydrogens is 326 g/mol. The van der Waals surface area contributed by atoms with E-state index in [1.807, 2.05) is 49.4 Å². The van der Waals surface area contributed by atoms with Crippen LogP contribution in [0.4, 0.5) is 4.79 Å². The number of thiophene rings is 1. The van der Waals surface area contributed by atoms with Gasteiger partial charge in [-0.25, -0.2) is 4.79 Å². The predicted molar refractivity (Wildman–Crippen MR) is 91.1 cm³/mol. The molecule has 1 aliphatic rings. The Balaban J connectivity index is 1.66. The Morgan fingerprint density at radius 3 is 2.58 bits per heavy atom. The standard InChI is InChI=1S/C18H19NO4S/c1-12-7-8-16(24-12)14-9-19(10-15(14)17(20)21)18(22)23-11-13-5-3-2-4-6-13/h2-8,14-15H,9-11H2,1H3,(H,20,21). The van der Waals surface area contributed by atoms with Gasteiger partial charge in [0, 0.05) is 28.8 Å². The van der Waals surface area contributed by atoms with Gasteiger partial charge in [-0.3, -0.25) is 4.79 Å². The second-order valence-corrected chi connectivity index (χ2v) is 7.26. The number of carboxylic acid groups (broad SMARTS) is 1. The van der Waals surface area contributed by atoms with Crippen LogP contribution in [0.5, 0.6) is 0 Å². The Hall–Kier alpha value is -2.34. The summed E-state index contributed by atoms with van der Waals surface area (Å²) in [6.07, 6.45) is -0.458. The van der Waals surface area contributed by atoms with E-state index in [0.717, 1.165) is 15.3 Å². The summed E-state index contributed by atoms with van der Waals surface area (Å²) in [4.78, 5) is 27.5. The number of nitrogens with zero attached hydrogens (tertiary/aromatic N) is 1. The zero-order valence-electron chi connectivity index (χ0n) is 13.3. The van der Waals surface area contributed by atoms with E-state index in [9.17, 15) is 14.7 Å². The van der Waals surface area contributed by atoms with Crippen LogP contribution in [0.3, 0.4) is 0 Å². The lowest BCUT2D eigenvalue weighted by Gasteiger charge is -2.16. The first kappa shape index (κ1) is 16.5. The molecule has 1 aromatic carbocycles. The number of hydrogen-bond acceptors (Lipinski definition) is 4. The average Bonchev–Trinajstić information content (AvgIpc) is 3.20. The molecule has 126 valence electrons. The van der Waals surface area contributed by atoms with Crippen LogP contribution in [0, 0.1) is 12.8 Å². The van der Waals surface area contributed by atoms with Crippen LogP contribution in [-0.4, -0.2) is 35.2 Å². The third kappa shape index (κ3) is 3.59. The molecule has 2 aromatic rings. The lowest BCUT2D eigenvalue weighted by Crippen LogP contribution is -2.30. The number of ether oxygens (including phenoxy) is 1. The van der Waals surface area contributed by atoms with E-state index in [1.54, 1.807) is 11.3 Å². The molecule has 0 aliphatic carbocycles. The molecular formula is C18H19NO4S. The molecule has 5 nitrogen and oxygen atoms in total. The minimum atomic E-state index is -0.871. The smallest absolute Gasteiger partial charge is 0.410 e. The van der Waals surface area contributed by atoms with Crippen molar-refractivity contribution < 1.29 is 19.4 Å². The van der Waals surface area contributed by atoms with Gasteiger partial charge in [0.15, 0.2) is 0 Å². The Morgan fingerprint density at radius 2 is 1.96 bits per heavy atom. The first-order valence-corrected chi connectivity index (χ1v) is 8.61. The minimum absolute atomic E-state index is 0.175. The van der Waals surface area contributed by atoms with E-state index in [2.05, 4.69) is 0 Å². The summed E-state index contributed by atoms with van der Waals surface area (Å²) in [6, 6.07) is 13.4. The van der Waals surface area contributed by atoms with Gasteiger partial charge in [-0.15, -0.1) is 11.3 Å². The number of carbonyl (C=O) groups is 2. The SMILES string of the molecule is Cc1ccc(C2CN(C(=O)OCc3ccccc3)CC2C(=O)O)s1. The van der Waals surface area contributed by atoms with Gasteiger partial charge in [-0.05, 0) is 24.6 Å². The summed E-state index contributed by atoms with van der Waals surface area (Å²) in [7, 11) is 0. The Kier molecular flexibility index (Phi) is 4.85. The summed E-state index contributed by atoms with van der Waals surface area (Å²) in [5.74, 6) is -1.64. The molecule has 1 fully saturated rings. The van der Waals surface area contributed by atoms with Gasteiger partial charge in [-0.2, -0.15) is 0 Å². The van der Waals surface area contributed by atoms with Crippen LogP contribution in [0.15, 0.2) is 42.5 Å². The average molecular weight is 345 g/mol. The van der Waals surface area contributed by atoms with Crippen LogP contribution >= 0.6 is 11.3 Å². The first-order chi connectivity index (χ1) is 11.5. The van der Waals surface area contributed by atoms with Crippen molar-refractivity contribution in [3.05, 3.63) is 57.8 Å². The second kappa shape index (κ2) is 7.05. The summed E-state index contributed by atoms with van der Waals surface area (Å²) >= 11 is 1.59. The molecule has 0 spiro atoms. The molecule has 1 amide bonds. The van der Waals surface area contributed by atoms with Crippen molar-refractivity contribution in [3.63, 3.8) is 0 Å². The number of carboxylic acids is 1. The highest BCUT2D eigenvalue weighted by atomic mass is 32.1. The normalized spacial score (nSPS) is 20.1. The number of carbonyl (C=O) groups excluding carboxylic acids is 1. The van der Waals surface area contributed by atoms with Gasteiger partial charge < -0.3 is 14.7 Å². The number of amides is 1. The summed E-state index contributed by atoms with van der Waals surface area (Å²) in [5.41, 5.74) is 0.908. The maximum atomic E-state index is 12.3. The van der Waals surface area contributed by atoms with Crippen molar-refractivity contribution in [1.82, 2.24) is 4.90 Å². The molecule has 6 heteroatoms. The van der Waals surface area contributed by atoms with Gasteiger partial charge in [0.1, 0.15) is 6.61 Å². The molecule has 1 aliphatic heterocycles. The molecule has 2 unspecified atom stereocenters. The fourth-order valence-electron chi connectivity index (χ4n) is 2.95. The second-order valence-electron chi connectivity index (χ2n) is 5.94. The Morgan fingerprint density at radius 1 is 1.21 bits per heavy atom. The van der Waals surface area contributed by atoms with Gasteiger partial charge in [0.25, 0.3) is 0 Å². The van der Waals surface area contributed by atoms with Crippen LogP contribution in [0.1, 0.15) is 21.2 Å². The highest BCUT2D eigenvalue weighted by molar-refractivity contribution is 7.12. The quantitative estimate of drug-likeness (QED) is 0.921. The van der Waals surface area contributed by atoms with E-state index in [0.29, 0.717) is 6.54 Å². The van der Waals surface area contributed by atoms with Gasteiger partial charge in [0.2, 0.25) is 0 Å². The van der Waals surface area contributed by atoms with Gasteiger partial charge >= 0.3 is 12.1 Å². The molecule has 0 bridgehead atoms. The Labute approximate surface area is 144 Å². The lowest BCUT2D eigenvalue weighted by atomic mass is 9.95. The Bertz CT molecular complexity index is 728. The van der Waals surface area contributed by atoms with E-state index in [1.165, 1.54) is 4.90 Å². The van der Waals surface area contributed by atoms with Crippen LogP contribution < -0.4 is 0 Å². The third-order valence-corrected chi connectivity index (χ3v) is 5.36. The van der Waals surface area contributed by atoms with E-state index < -0.39 is 18.0 Å². The minimum Gasteiger partial charge on any atom is -0.481 e. The van der Waals surface area contributed by atoms with E-state index in [4.69, 9.17) is 4.74 Å². The maximum Gasteiger partial charge on any atom is 0.410 e. The number of benzene rings is 1. The third-order valence-electron chi connectivity index (χ3n) is 4.23. The van der Waals surface area contributed by atoms with Crippen LogP contribution in [-0.2, 0) is 16.1 Å². The maximum absolute atomic E-state index is 12.3. The van der Waals surface area contributed by atoms with E-state index in [-0.39, 0.29) is 19.1 Å². The molecule has 1 N–H and O–H groups in total. The monoisotopic (exact) mass is 345 g/mol. The number of rotatable bonds is 4. The number of likely N-dealkylation sites (tertiary alicyclic amines) is 1. The summed E-state index contributed by atoms with van der Waals surface area (Å²) in [6.45, 7) is 2.75. The number of aliphatic carboxylic acids is 1. The molecule has 24 heavy (non-hydrogen) atoms. The molecule has 1 aromatic heterocycles. The molecule has 1 saturated heterocycles. The van der Waals surface area contributed by atoms with E-state index >= 15 is 0 Å². The van der Waals surface area contributed by atoms with Gasteiger partial charge in [-0.1, -0.05) is 30.3 Å². The largest absolute Gasteiger partial charge is 0.481 e. The summed E-state index contributed by atoms with van der Waals surface area (Å²) in [5, 5.41) is 9.49. The molecule has 0 radical (unpaired) electrons. The van der Waals surface area contributed by atoms with Crippen molar-refractivity contribution >= 4 is 23.4 Å². The number of aryl methyl sites for hydroxylation is 1. The molecule has 2 heterocycles. The van der Waals surface area contributed by atoms with Crippen molar-refractivity contribution in [3.8, 4) is 0 Å². The van der Waals surface area contributed by atoms with Crippen molar-refractivity contribution in [2.75, 3.05) is 13.1 Å². The molecule has 3 rings (SSSR count). The van der Waals surface area contributed by atoms with Crippen molar-refractivity contribution in [1.29, 1.82) is 0 Å². The van der Waals surface area contributed by atoms with Gasteiger partial charge in [0.05, 0.1) is 5.92 Å². The fourth-order valence-corrected chi connectivity index (χ4v) is 3.99. The first-order valence-electron chi connectivity index (χ1n) is 7.79. The zero-order valence-corrected chi connectivity index (χ0v) is 14.2.